The van der Waals surface area contributed by atoms with Crippen molar-refractivity contribution in [2.45, 2.75) is 239 Å². The van der Waals surface area contributed by atoms with Gasteiger partial charge in [-0.25, -0.2) is 0 Å². The lowest BCUT2D eigenvalue weighted by Crippen LogP contribution is -2.30. The van der Waals surface area contributed by atoms with Crippen LogP contribution in [0.4, 0.5) is 0 Å². The maximum Gasteiger partial charge on any atom is 0.306 e. The Kier molecular flexibility index (Phi) is 47.5. The summed E-state index contributed by atoms with van der Waals surface area (Å²) in [4.78, 5) is 37.8. The molecule has 0 N–H and O–H groups in total. The molecule has 0 bridgehead atoms. The van der Waals surface area contributed by atoms with Gasteiger partial charge < -0.3 is 14.2 Å². The van der Waals surface area contributed by atoms with Gasteiger partial charge in [0.15, 0.2) is 6.10 Å². The average Bonchev–Trinajstić information content (AvgIpc) is 3.27. The molecule has 1 atom stereocenters. The molecule has 0 aliphatic heterocycles. The largest absolute Gasteiger partial charge is 0.462 e. The quantitative estimate of drug-likeness (QED) is 0.0263. The van der Waals surface area contributed by atoms with Crippen LogP contribution < -0.4 is 0 Å². The highest BCUT2D eigenvalue weighted by molar-refractivity contribution is 5.71. The van der Waals surface area contributed by atoms with Crippen molar-refractivity contribution in [2.24, 2.45) is 0 Å². The predicted octanol–water partition coefficient (Wildman–Crippen LogP) is 16.8. The van der Waals surface area contributed by atoms with Crippen LogP contribution >= 0.6 is 0 Å². The fourth-order valence-corrected chi connectivity index (χ4v) is 6.80. The molecule has 0 aliphatic carbocycles. The van der Waals surface area contributed by atoms with E-state index >= 15 is 0 Å². The Morgan fingerprint density at radius 3 is 1.06 bits per heavy atom. The molecular formula is C56H94O6. The van der Waals surface area contributed by atoms with Gasteiger partial charge in [0.1, 0.15) is 13.2 Å². The minimum atomic E-state index is -0.783. The zero-order valence-electron chi connectivity index (χ0n) is 40.4. The van der Waals surface area contributed by atoms with Crippen LogP contribution in [0.1, 0.15) is 233 Å². The molecular weight excluding hydrogens is 769 g/mol. The number of hydrogen-bond acceptors (Lipinski definition) is 6. The number of allylic oxidation sites excluding steroid dienone is 14. The third kappa shape index (κ3) is 47.6. The molecule has 0 saturated carbocycles. The molecule has 0 amide bonds. The predicted molar refractivity (Wildman–Crippen MR) is 265 cm³/mol. The van der Waals surface area contributed by atoms with E-state index in [4.69, 9.17) is 14.2 Å². The third-order valence-electron chi connectivity index (χ3n) is 10.6. The van der Waals surface area contributed by atoms with Gasteiger partial charge in [-0.2, -0.15) is 0 Å². The average molecular weight is 863 g/mol. The molecule has 0 spiro atoms. The summed E-state index contributed by atoms with van der Waals surface area (Å²) < 4.78 is 16.7. The molecule has 6 nitrogen and oxygen atoms in total. The minimum absolute atomic E-state index is 0.0839. The molecule has 0 radical (unpaired) electrons. The molecule has 6 heteroatoms. The highest BCUT2D eigenvalue weighted by Crippen LogP contribution is 2.14. The van der Waals surface area contributed by atoms with Crippen LogP contribution in [0.25, 0.3) is 0 Å². The fourth-order valence-electron chi connectivity index (χ4n) is 6.80. The van der Waals surface area contributed by atoms with Gasteiger partial charge in [0, 0.05) is 19.3 Å². The third-order valence-corrected chi connectivity index (χ3v) is 10.6. The van der Waals surface area contributed by atoms with Crippen LogP contribution in [0.5, 0.6) is 0 Å². The number of carbonyl (C=O) groups is 3. The van der Waals surface area contributed by atoms with E-state index in [1.54, 1.807) is 0 Å². The summed E-state index contributed by atoms with van der Waals surface area (Å²) in [7, 11) is 0. The molecule has 0 rings (SSSR count). The summed E-state index contributed by atoms with van der Waals surface area (Å²) in [5, 5.41) is 0. The highest BCUT2D eigenvalue weighted by Gasteiger charge is 2.19. The van der Waals surface area contributed by atoms with E-state index < -0.39 is 6.10 Å². The lowest BCUT2D eigenvalue weighted by molar-refractivity contribution is -0.167. The number of unbranched alkanes of at least 4 members (excludes halogenated alkanes) is 20. The summed E-state index contributed by atoms with van der Waals surface area (Å²) in [5.74, 6) is -0.916. The van der Waals surface area contributed by atoms with E-state index in [1.165, 1.54) is 64.2 Å². The Morgan fingerprint density at radius 1 is 0.339 bits per heavy atom. The van der Waals surface area contributed by atoms with Gasteiger partial charge >= 0.3 is 17.9 Å². The Bertz CT molecular complexity index is 1220. The number of carbonyl (C=O) groups excluding carboxylic acids is 3. The first-order chi connectivity index (χ1) is 30.5. The highest BCUT2D eigenvalue weighted by atomic mass is 16.6. The topological polar surface area (TPSA) is 78.9 Å². The van der Waals surface area contributed by atoms with Gasteiger partial charge in [0.25, 0.3) is 0 Å². The molecule has 0 fully saturated rings. The van der Waals surface area contributed by atoms with Gasteiger partial charge in [-0.3, -0.25) is 14.4 Å². The van der Waals surface area contributed by atoms with E-state index in [0.717, 1.165) is 128 Å². The molecule has 0 saturated heterocycles. The van der Waals surface area contributed by atoms with Crippen molar-refractivity contribution in [3.63, 3.8) is 0 Å². The first kappa shape index (κ1) is 58.6. The molecule has 0 aromatic carbocycles. The Hall–Kier alpha value is -3.41. The Morgan fingerprint density at radius 2 is 0.661 bits per heavy atom. The molecule has 1 unspecified atom stereocenters. The van der Waals surface area contributed by atoms with E-state index in [0.29, 0.717) is 19.3 Å². The van der Waals surface area contributed by atoms with Crippen LogP contribution in [-0.4, -0.2) is 37.2 Å². The van der Waals surface area contributed by atoms with Gasteiger partial charge in [-0.15, -0.1) is 0 Å². The van der Waals surface area contributed by atoms with Gasteiger partial charge in [0.05, 0.1) is 0 Å². The summed E-state index contributed by atoms with van der Waals surface area (Å²) in [5.41, 5.74) is 0. The van der Waals surface area contributed by atoms with Gasteiger partial charge in [-0.1, -0.05) is 209 Å². The van der Waals surface area contributed by atoms with Crippen LogP contribution in [0.15, 0.2) is 85.1 Å². The SMILES string of the molecule is CC/C=C\C/C=C\C/C=C\C/C=C\C/C=C\C/C=C\CCCCCCCCC(=O)OCC(COC(=O)CCCCCCCCCCC)OC(=O)CCCCCCC/C=C\CCC. The number of hydrogen-bond donors (Lipinski definition) is 0. The first-order valence-corrected chi connectivity index (χ1v) is 25.6. The van der Waals surface area contributed by atoms with Gasteiger partial charge in [0.2, 0.25) is 0 Å². The summed E-state index contributed by atoms with van der Waals surface area (Å²) in [6.07, 6.45) is 64.4. The van der Waals surface area contributed by atoms with E-state index in [1.807, 2.05) is 0 Å². The van der Waals surface area contributed by atoms with Crippen LogP contribution in [0.2, 0.25) is 0 Å². The fraction of sp³-hybridized carbons (Fsp3) is 0.696. The van der Waals surface area contributed by atoms with E-state index in [-0.39, 0.29) is 31.1 Å². The van der Waals surface area contributed by atoms with Crippen molar-refractivity contribution >= 4 is 17.9 Å². The molecule has 62 heavy (non-hydrogen) atoms. The van der Waals surface area contributed by atoms with Gasteiger partial charge in [-0.05, 0) is 89.9 Å². The molecule has 0 aromatic rings. The monoisotopic (exact) mass is 863 g/mol. The second-order valence-electron chi connectivity index (χ2n) is 16.7. The van der Waals surface area contributed by atoms with Crippen molar-refractivity contribution in [3.05, 3.63) is 85.1 Å². The van der Waals surface area contributed by atoms with Crippen molar-refractivity contribution in [1.82, 2.24) is 0 Å². The van der Waals surface area contributed by atoms with Crippen molar-refractivity contribution in [2.75, 3.05) is 13.2 Å². The maximum atomic E-state index is 12.7. The zero-order valence-corrected chi connectivity index (χ0v) is 40.4. The lowest BCUT2D eigenvalue weighted by Gasteiger charge is -2.18. The Labute approximate surface area is 382 Å². The van der Waals surface area contributed by atoms with E-state index in [2.05, 4.69) is 106 Å². The van der Waals surface area contributed by atoms with E-state index in [9.17, 15) is 14.4 Å². The Balaban J connectivity index is 4.25. The first-order valence-electron chi connectivity index (χ1n) is 25.6. The summed E-state index contributed by atoms with van der Waals surface area (Å²) in [6.45, 7) is 6.41. The van der Waals surface area contributed by atoms with Crippen molar-refractivity contribution in [1.29, 1.82) is 0 Å². The van der Waals surface area contributed by atoms with Crippen LogP contribution in [0, 0.1) is 0 Å². The van der Waals surface area contributed by atoms with Crippen LogP contribution in [0.3, 0.4) is 0 Å². The molecule has 354 valence electrons. The number of ether oxygens (including phenoxy) is 3. The number of rotatable bonds is 45. The summed E-state index contributed by atoms with van der Waals surface area (Å²) >= 11 is 0. The smallest absolute Gasteiger partial charge is 0.306 e. The second-order valence-corrected chi connectivity index (χ2v) is 16.7. The standard InChI is InChI=1S/C56H94O6/c1-4-7-10-13-16-19-21-22-23-24-25-26-27-28-29-30-31-32-33-34-35-38-40-43-46-49-55(58)61-52-53(51-60-54(57)48-45-42-39-36-18-15-12-9-6-3)62-56(59)50-47-44-41-37-20-17-14-11-8-5-2/h7,10-11,14,16,19,22-23,25-26,28-29,31-32,53H,4-6,8-9,12-13,15,17-18,20-21,24,27,30,33-52H2,1-3H3/b10-7-,14-11-,19-16-,23-22-,26-25-,29-28-,32-31-. The zero-order chi connectivity index (χ0) is 45.1. The van der Waals surface area contributed by atoms with Crippen LogP contribution in [-0.2, 0) is 28.6 Å². The second kappa shape index (κ2) is 50.2. The lowest BCUT2D eigenvalue weighted by atomic mass is 10.1. The van der Waals surface area contributed by atoms with Crippen molar-refractivity contribution < 1.29 is 28.6 Å². The summed E-state index contributed by atoms with van der Waals surface area (Å²) in [6, 6.07) is 0. The molecule has 0 heterocycles. The number of esters is 3. The molecule has 0 aliphatic rings. The maximum absolute atomic E-state index is 12.7. The van der Waals surface area contributed by atoms with Crippen molar-refractivity contribution in [3.8, 4) is 0 Å². The molecule has 0 aromatic heterocycles. The normalized spacial score (nSPS) is 12.8. The minimum Gasteiger partial charge on any atom is -0.462 e.